The number of nitrogens with one attached hydrogen (secondary N) is 1. The van der Waals surface area contributed by atoms with Crippen LogP contribution in [0.2, 0.25) is 0 Å². The van der Waals surface area contributed by atoms with E-state index in [1.807, 2.05) is 18.2 Å². The Bertz CT molecular complexity index is 541. The van der Waals surface area contributed by atoms with E-state index in [2.05, 4.69) is 17.1 Å². The first-order chi connectivity index (χ1) is 8.78. The number of carbonyl (C=O) groups excluding carboxylic acids is 1. The number of hydrogen-bond acceptors (Lipinski definition) is 3. The Morgan fingerprint density at radius 3 is 2.89 bits per heavy atom. The molecule has 1 aliphatic rings. The van der Waals surface area contributed by atoms with E-state index in [1.165, 1.54) is 12.5 Å². The van der Waals surface area contributed by atoms with Gasteiger partial charge in [-0.3, -0.25) is 4.79 Å². The molecule has 1 atom stereocenters. The maximum atomic E-state index is 11.8. The van der Waals surface area contributed by atoms with Crippen molar-refractivity contribution in [3.05, 3.63) is 30.3 Å². The Morgan fingerprint density at radius 1 is 1.44 bits per heavy atom. The third-order valence-corrected chi connectivity index (χ3v) is 4.55. The third kappa shape index (κ3) is 2.25. The van der Waals surface area contributed by atoms with E-state index in [0.717, 1.165) is 23.4 Å². The predicted molar refractivity (Wildman–Crippen MR) is 72.7 cm³/mol. The van der Waals surface area contributed by atoms with Crippen LogP contribution in [0.1, 0.15) is 12.8 Å². The number of ether oxygens (including phenoxy) is 1. The molecule has 3 rings (SSSR count). The van der Waals surface area contributed by atoms with E-state index in [9.17, 15) is 4.79 Å². The van der Waals surface area contributed by atoms with Crippen LogP contribution >= 0.6 is 11.8 Å². The molecule has 0 aliphatic heterocycles. The van der Waals surface area contributed by atoms with Gasteiger partial charge in [-0.1, -0.05) is 30.0 Å². The molecule has 18 heavy (non-hydrogen) atoms. The second kappa shape index (κ2) is 4.69. The van der Waals surface area contributed by atoms with Crippen LogP contribution in [-0.2, 0) is 9.53 Å². The van der Waals surface area contributed by atoms with Crippen LogP contribution < -0.4 is 0 Å². The summed E-state index contributed by atoms with van der Waals surface area (Å²) in [7, 11) is 1.46. The number of H-pyrrole nitrogens is 1. The minimum absolute atomic E-state index is 0.0666. The van der Waals surface area contributed by atoms with E-state index in [0.29, 0.717) is 5.92 Å². The fourth-order valence-electron chi connectivity index (χ4n) is 2.10. The lowest BCUT2D eigenvalue weighted by Gasteiger charge is -2.11. The van der Waals surface area contributed by atoms with Crippen LogP contribution in [0.15, 0.2) is 35.4 Å². The van der Waals surface area contributed by atoms with Gasteiger partial charge in [-0.2, -0.15) is 0 Å². The molecule has 0 bridgehead atoms. The van der Waals surface area contributed by atoms with Crippen LogP contribution in [0.3, 0.4) is 0 Å². The van der Waals surface area contributed by atoms with Crippen LogP contribution in [0.4, 0.5) is 0 Å². The Labute approximate surface area is 110 Å². The topological polar surface area (TPSA) is 42.1 Å². The van der Waals surface area contributed by atoms with Gasteiger partial charge in [0.1, 0.15) is 5.25 Å². The Hall–Kier alpha value is -1.42. The van der Waals surface area contributed by atoms with Crippen molar-refractivity contribution in [1.29, 1.82) is 0 Å². The number of rotatable bonds is 4. The number of carbonyl (C=O) groups is 1. The molecule has 1 heterocycles. The van der Waals surface area contributed by atoms with Crippen molar-refractivity contribution in [3.8, 4) is 0 Å². The quantitative estimate of drug-likeness (QED) is 0.678. The molecule has 2 aromatic rings. The van der Waals surface area contributed by atoms with E-state index < -0.39 is 0 Å². The number of esters is 1. The van der Waals surface area contributed by atoms with Crippen molar-refractivity contribution in [2.75, 3.05) is 7.11 Å². The molecule has 1 aliphatic carbocycles. The number of benzene rings is 1. The highest BCUT2D eigenvalue weighted by Gasteiger charge is 2.38. The zero-order valence-electron chi connectivity index (χ0n) is 10.2. The van der Waals surface area contributed by atoms with Crippen LogP contribution in [0.25, 0.3) is 10.9 Å². The zero-order valence-corrected chi connectivity index (χ0v) is 11.0. The van der Waals surface area contributed by atoms with Crippen LogP contribution in [0.5, 0.6) is 0 Å². The highest BCUT2D eigenvalue weighted by Crippen LogP contribution is 2.42. The zero-order chi connectivity index (χ0) is 12.5. The van der Waals surface area contributed by atoms with Crippen molar-refractivity contribution in [2.24, 2.45) is 5.92 Å². The molecular weight excluding hydrogens is 246 g/mol. The van der Waals surface area contributed by atoms with Gasteiger partial charge in [-0.25, -0.2) is 0 Å². The molecule has 94 valence electrons. The average molecular weight is 261 g/mol. The van der Waals surface area contributed by atoms with Gasteiger partial charge in [0.2, 0.25) is 0 Å². The molecule has 0 saturated heterocycles. The van der Waals surface area contributed by atoms with E-state index in [4.69, 9.17) is 4.74 Å². The Kier molecular flexibility index (Phi) is 3.04. The third-order valence-electron chi connectivity index (χ3n) is 3.24. The minimum Gasteiger partial charge on any atom is -0.468 e. The molecular formula is C14H15NO2S. The summed E-state index contributed by atoms with van der Waals surface area (Å²) < 4.78 is 4.89. The lowest BCUT2D eigenvalue weighted by Crippen LogP contribution is -2.20. The lowest BCUT2D eigenvalue weighted by atomic mass is 10.3. The lowest BCUT2D eigenvalue weighted by molar-refractivity contribution is -0.140. The van der Waals surface area contributed by atoms with Gasteiger partial charge in [0.25, 0.3) is 0 Å². The Morgan fingerprint density at radius 2 is 2.22 bits per heavy atom. The summed E-state index contributed by atoms with van der Waals surface area (Å²) in [6.45, 7) is 0. The number of aromatic nitrogens is 1. The van der Waals surface area contributed by atoms with Gasteiger partial charge in [0, 0.05) is 10.9 Å². The van der Waals surface area contributed by atoms with Gasteiger partial charge < -0.3 is 9.72 Å². The molecule has 4 heteroatoms. The maximum absolute atomic E-state index is 11.8. The molecule has 1 N–H and O–H groups in total. The summed E-state index contributed by atoms with van der Waals surface area (Å²) in [6.07, 6.45) is 2.26. The second-order valence-corrected chi connectivity index (χ2v) is 5.80. The standard InChI is InChI=1S/C14H15NO2S/c1-17-14(16)13(9-6-7-9)18-12-8-10-4-2-3-5-11(10)15-12/h2-5,8-9,13,15H,6-7H2,1H3. The summed E-state index contributed by atoms with van der Waals surface area (Å²) in [4.78, 5) is 15.1. The first-order valence-electron chi connectivity index (χ1n) is 6.10. The molecule has 0 spiro atoms. The van der Waals surface area contributed by atoms with Crippen molar-refractivity contribution < 1.29 is 9.53 Å². The average Bonchev–Trinajstić information content (AvgIpc) is 3.14. The minimum atomic E-state index is -0.110. The number of thioether (sulfide) groups is 1. The first-order valence-corrected chi connectivity index (χ1v) is 6.98. The van der Waals surface area contributed by atoms with E-state index in [-0.39, 0.29) is 11.2 Å². The molecule has 3 nitrogen and oxygen atoms in total. The number of hydrogen-bond donors (Lipinski definition) is 1. The highest BCUT2D eigenvalue weighted by atomic mass is 32.2. The van der Waals surface area contributed by atoms with Gasteiger partial charge in [0.15, 0.2) is 0 Å². The molecule has 1 unspecified atom stereocenters. The van der Waals surface area contributed by atoms with Crippen molar-refractivity contribution in [1.82, 2.24) is 4.98 Å². The van der Waals surface area contributed by atoms with Gasteiger partial charge in [-0.15, -0.1) is 0 Å². The molecule has 0 amide bonds. The number of fused-ring (bicyclic) bond motifs is 1. The van der Waals surface area contributed by atoms with Crippen LogP contribution in [0, 0.1) is 5.92 Å². The van der Waals surface area contributed by atoms with Gasteiger partial charge >= 0.3 is 5.97 Å². The molecule has 0 radical (unpaired) electrons. The largest absolute Gasteiger partial charge is 0.468 e. The fourth-order valence-corrected chi connectivity index (χ4v) is 3.39. The number of para-hydroxylation sites is 1. The molecule has 1 aromatic heterocycles. The maximum Gasteiger partial charge on any atom is 0.319 e. The summed E-state index contributed by atoms with van der Waals surface area (Å²) in [5.41, 5.74) is 1.11. The van der Waals surface area contributed by atoms with Crippen molar-refractivity contribution in [2.45, 2.75) is 23.1 Å². The van der Waals surface area contributed by atoms with Gasteiger partial charge in [-0.05, 0) is 30.9 Å². The van der Waals surface area contributed by atoms with Gasteiger partial charge in [0.05, 0.1) is 12.1 Å². The molecule has 1 fully saturated rings. The van der Waals surface area contributed by atoms with Crippen molar-refractivity contribution >= 4 is 28.6 Å². The summed E-state index contributed by atoms with van der Waals surface area (Å²) in [6, 6.07) is 10.2. The van der Waals surface area contributed by atoms with E-state index >= 15 is 0 Å². The first kappa shape index (κ1) is 11.7. The summed E-state index contributed by atoms with van der Waals surface area (Å²) in [5, 5.41) is 2.15. The Balaban J connectivity index is 1.83. The normalized spacial score (nSPS) is 16.7. The summed E-state index contributed by atoms with van der Waals surface area (Å²) >= 11 is 1.59. The predicted octanol–water partition coefficient (Wildman–Crippen LogP) is 3.21. The fraction of sp³-hybridized carbons (Fsp3) is 0.357. The molecule has 1 aromatic carbocycles. The number of aromatic amines is 1. The molecule has 1 saturated carbocycles. The van der Waals surface area contributed by atoms with Crippen molar-refractivity contribution in [3.63, 3.8) is 0 Å². The SMILES string of the molecule is COC(=O)C(Sc1cc2ccccc2[nH]1)C1CC1. The second-order valence-electron chi connectivity index (χ2n) is 4.62. The number of methoxy groups -OCH3 is 1. The van der Waals surface area contributed by atoms with Crippen LogP contribution in [-0.4, -0.2) is 23.3 Å². The highest BCUT2D eigenvalue weighted by molar-refractivity contribution is 8.00. The monoisotopic (exact) mass is 261 g/mol. The van der Waals surface area contributed by atoms with E-state index in [1.54, 1.807) is 11.8 Å². The smallest absolute Gasteiger partial charge is 0.319 e. The summed E-state index contributed by atoms with van der Waals surface area (Å²) in [5.74, 6) is 0.370.